The van der Waals surface area contributed by atoms with E-state index in [0.29, 0.717) is 18.0 Å². The smallest absolute Gasteiger partial charge is 0.327 e. The van der Waals surface area contributed by atoms with Crippen LogP contribution in [0.3, 0.4) is 0 Å². The lowest BCUT2D eigenvalue weighted by Gasteiger charge is -2.04. The van der Waals surface area contributed by atoms with Crippen LogP contribution in [0.25, 0.3) is 0 Å². The highest BCUT2D eigenvalue weighted by Crippen LogP contribution is 2.17. The van der Waals surface area contributed by atoms with Crippen molar-refractivity contribution in [1.29, 1.82) is 0 Å². The summed E-state index contributed by atoms with van der Waals surface area (Å²) in [5.74, 6) is 1.48. The predicted molar refractivity (Wildman–Crippen MR) is 60.1 cm³/mol. The summed E-state index contributed by atoms with van der Waals surface area (Å²) in [4.78, 5) is 12.0. The zero-order valence-corrected chi connectivity index (χ0v) is 8.92. The third-order valence-electron chi connectivity index (χ3n) is 1.95. The Kier molecular flexibility index (Phi) is 2.95. The van der Waals surface area contributed by atoms with Crippen LogP contribution in [0.5, 0.6) is 11.8 Å². The maximum atomic E-state index is 5.55. The Labute approximate surface area is 93.3 Å². The maximum Gasteiger partial charge on any atom is 0.327 e. The van der Waals surface area contributed by atoms with Crippen LogP contribution in [0, 0.1) is 0 Å². The molecule has 0 aliphatic rings. The number of rotatable bonds is 3. The van der Waals surface area contributed by atoms with Gasteiger partial charge in [-0.05, 0) is 12.1 Å². The highest BCUT2D eigenvalue weighted by Gasteiger charge is 2.04. The Morgan fingerprint density at radius 3 is 2.56 bits per heavy atom. The number of anilines is 1. The van der Waals surface area contributed by atoms with Crippen molar-refractivity contribution >= 4 is 5.95 Å². The maximum absolute atomic E-state index is 5.55. The molecule has 0 unspecified atom stereocenters. The fraction of sp³-hybridized carbons (Fsp3) is 0.182. The van der Waals surface area contributed by atoms with Gasteiger partial charge in [0, 0.05) is 6.42 Å². The molecule has 0 aliphatic carbocycles. The molecule has 5 heteroatoms. The first-order valence-corrected chi connectivity index (χ1v) is 5.01. The van der Waals surface area contributed by atoms with E-state index in [1.807, 2.05) is 37.3 Å². The molecule has 0 spiro atoms. The van der Waals surface area contributed by atoms with Crippen molar-refractivity contribution in [2.75, 3.05) is 5.73 Å². The molecule has 5 nitrogen and oxygen atoms in total. The minimum absolute atomic E-state index is 0.179. The highest BCUT2D eigenvalue weighted by molar-refractivity contribution is 5.26. The van der Waals surface area contributed by atoms with E-state index in [4.69, 9.17) is 10.5 Å². The van der Waals surface area contributed by atoms with Gasteiger partial charge in [-0.2, -0.15) is 15.0 Å². The molecule has 0 fully saturated rings. The van der Waals surface area contributed by atoms with Crippen LogP contribution in [0.1, 0.15) is 12.7 Å². The standard InChI is InChI=1S/C11H12N4O/c1-2-9-13-10(12)15-11(14-9)16-8-6-4-3-5-7-8/h3-7H,2H2,1H3,(H2,12,13,14,15). The number of nitrogens with zero attached hydrogens (tertiary/aromatic N) is 3. The Balaban J connectivity index is 2.24. The molecule has 0 aliphatic heterocycles. The number of para-hydroxylation sites is 1. The van der Waals surface area contributed by atoms with E-state index >= 15 is 0 Å². The predicted octanol–water partition coefficient (Wildman–Crippen LogP) is 1.81. The van der Waals surface area contributed by atoms with Crippen LogP contribution < -0.4 is 10.5 Å². The van der Waals surface area contributed by atoms with Crippen molar-refractivity contribution < 1.29 is 4.74 Å². The second-order valence-electron chi connectivity index (χ2n) is 3.16. The molecule has 1 aromatic carbocycles. The van der Waals surface area contributed by atoms with Crippen LogP contribution in [0.15, 0.2) is 30.3 Å². The van der Waals surface area contributed by atoms with Gasteiger partial charge in [0.05, 0.1) is 0 Å². The van der Waals surface area contributed by atoms with Crippen molar-refractivity contribution in [3.63, 3.8) is 0 Å². The van der Waals surface area contributed by atoms with E-state index in [9.17, 15) is 0 Å². The van der Waals surface area contributed by atoms with Crippen molar-refractivity contribution in [2.45, 2.75) is 13.3 Å². The van der Waals surface area contributed by atoms with Gasteiger partial charge in [-0.3, -0.25) is 0 Å². The van der Waals surface area contributed by atoms with Gasteiger partial charge in [0.25, 0.3) is 0 Å². The third-order valence-corrected chi connectivity index (χ3v) is 1.95. The molecular formula is C11H12N4O. The highest BCUT2D eigenvalue weighted by atomic mass is 16.5. The lowest BCUT2D eigenvalue weighted by molar-refractivity contribution is 0.437. The number of hydrogen-bond acceptors (Lipinski definition) is 5. The second-order valence-corrected chi connectivity index (χ2v) is 3.16. The number of nitrogen functional groups attached to an aromatic ring is 1. The first-order valence-electron chi connectivity index (χ1n) is 5.01. The number of hydrogen-bond donors (Lipinski definition) is 1. The minimum atomic E-state index is 0.179. The summed E-state index contributed by atoms with van der Waals surface area (Å²) in [6.45, 7) is 1.95. The van der Waals surface area contributed by atoms with Gasteiger partial charge in [-0.15, -0.1) is 0 Å². The number of benzene rings is 1. The Hall–Kier alpha value is -2.17. The normalized spacial score (nSPS) is 10.1. The molecule has 0 atom stereocenters. The first kappa shape index (κ1) is 10.4. The summed E-state index contributed by atoms with van der Waals surface area (Å²) in [7, 11) is 0. The second kappa shape index (κ2) is 4.57. The van der Waals surface area contributed by atoms with E-state index < -0.39 is 0 Å². The van der Waals surface area contributed by atoms with Crippen molar-refractivity contribution in [2.24, 2.45) is 0 Å². The molecule has 0 radical (unpaired) electrons. The van der Waals surface area contributed by atoms with Gasteiger partial charge in [-0.25, -0.2) is 0 Å². The quantitative estimate of drug-likeness (QED) is 0.846. The van der Waals surface area contributed by atoms with Crippen LogP contribution >= 0.6 is 0 Å². The van der Waals surface area contributed by atoms with E-state index in [0.717, 1.165) is 0 Å². The number of nitrogens with two attached hydrogens (primary N) is 1. The lowest BCUT2D eigenvalue weighted by atomic mass is 10.3. The van der Waals surface area contributed by atoms with Gasteiger partial charge in [0.2, 0.25) is 5.95 Å². The summed E-state index contributed by atoms with van der Waals surface area (Å²) in [5, 5.41) is 0. The molecule has 82 valence electrons. The molecule has 0 saturated carbocycles. The average molecular weight is 216 g/mol. The summed E-state index contributed by atoms with van der Waals surface area (Å²) in [6.07, 6.45) is 0.692. The summed E-state index contributed by atoms with van der Waals surface area (Å²) in [6, 6.07) is 9.54. The fourth-order valence-electron chi connectivity index (χ4n) is 1.21. The van der Waals surface area contributed by atoms with Gasteiger partial charge < -0.3 is 10.5 Å². The van der Waals surface area contributed by atoms with Crippen LogP contribution in [0.4, 0.5) is 5.95 Å². The van der Waals surface area contributed by atoms with E-state index in [1.165, 1.54) is 0 Å². The summed E-state index contributed by atoms with van der Waals surface area (Å²) >= 11 is 0. The lowest BCUT2D eigenvalue weighted by Crippen LogP contribution is -2.04. The van der Waals surface area contributed by atoms with Crippen molar-refractivity contribution in [1.82, 2.24) is 15.0 Å². The van der Waals surface area contributed by atoms with Gasteiger partial charge >= 0.3 is 6.01 Å². The summed E-state index contributed by atoms with van der Waals surface area (Å²) in [5.41, 5.74) is 5.55. The molecule has 1 aromatic heterocycles. The third kappa shape index (κ3) is 2.44. The first-order chi connectivity index (χ1) is 7.78. The van der Waals surface area contributed by atoms with Crippen molar-refractivity contribution in [3.05, 3.63) is 36.2 Å². The number of aryl methyl sites for hydroxylation is 1. The molecule has 1 heterocycles. The van der Waals surface area contributed by atoms with E-state index in [2.05, 4.69) is 15.0 Å². The Morgan fingerprint density at radius 2 is 1.88 bits per heavy atom. The van der Waals surface area contributed by atoms with E-state index in [-0.39, 0.29) is 12.0 Å². The van der Waals surface area contributed by atoms with Crippen LogP contribution in [-0.2, 0) is 6.42 Å². The monoisotopic (exact) mass is 216 g/mol. The molecule has 2 rings (SSSR count). The van der Waals surface area contributed by atoms with Gasteiger partial charge in [0.1, 0.15) is 11.6 Å². The zero-order valence-electron chi connectivity index (χ0n) is 8.92. The van der Waals surface area contributed by atoms with Gasteiger partial charge in [-0.1, -0.05) is 25.1 Å². The van der Waals surface area contributed by atoms with Gasteiger partial charge in [0.15, 0.2) is 0 Å². The number of ether oxygens (including phenoxy) is 1. The summed E-state index contributed by atoms with van der Waals surface area (Å²) < 4.78 is 5.46. The number of aromatic nitrogens is 3. The van der Waals surface area contributed by atoms with Crippen LogP contribution in [-0.4, -0.2) is 15.0 Å². The Bertz CT molecular complexity index is 473. The van der Waals surface area contributed by atoms with Crippen LogP contribution in [0.2, 0.25) is 0 Å². The molecule has 2 aromatic rings. The molecular weight excluding hydrogens is 204 g/mol. The van der Waals surface area contributed by atoms with E-state index in [1.54, 1.807) is 0 Å². The SMILES string of the molecule is CCc1nc(N)nc(Oc2ccccc2)n1. The topological polar surface area (TPSA) is 73.9 Å². The largest absolute Gasteiger partial charge is 0.424 e. The fourth-order valence-corrected chi connectivity index (χ4v) is 1.21. The minimum Gasteiger partial charge on any atom is -0.424 e. The molecule has 0 amide bonds. The average Bonchev–Trinajstić information content (AvgIpc) is 2.29. The van der Waals surface area contributed by atoms with Crippen molar-refractivity contribution in [3.8, 4) is 11.8 Å². The molecule has 16 heavy (non-hydrogen) atoms. The zero-order chi connectivity index (χ0) is 11.4. The molecule has 0 saturated heterocycles. The molecule has 0 bridgehead atoms. The Morgan fingerprint density at radius 1 is 1.12 bits per heavy atom. The molecule has 2 N–H and O–H groups in total.